The molecule has 0 amide bonds. The van der Waals surface area contributed by atoms with Gasteiger partial charge in [0.1, 0.15) is 0 Å². The first kappa shape index (κ1) is 13.0. The standard InChI is InChI=1S/C13H23N3S/c1-3-10-7-5-6-8-11(10)13(14-4-2)12-9-17-16-15-12/h9-11,13-14H,3-8H2,1-2H3. The summed E-state index contributed by atoms with van der Waals surface area (Å²) in [6.45, 7) is 5.51. The minimum Gasteiger partial charge on any atom is -0.309 e. The van der Waals surface area contributed by atoms with Gasteiger partial charge in [-0.15, -0.1) is 5.10 Å². The van der Waals surface area contributed by atoms with Gasteiger partial charge < -0.3 is 5.32 Å². The molecule has 0 bridgehead atoms. The first-order valence-electron chi connectivity index (χ1n) is 6.87. The van der Waals surface area contributed by atoms with E-state index in [9.17, 15) is 0 Å². The van der Waals surface area contributed by atoms with Crippen molar-refractivity contribution in [1.82, 2.24) is 14.9 Å². The first-order valence-corrected chi connectivity index (χ1v) is 7.70. The topological polar surface area (TPSA) is 37.8 Å². The lowest BCUT2D eigenvalue weighted by Crippen LogP contribution is -2.34. The molecule has 3 nitrogen and oxygen atoms in total. The summed E-state index contributed by atoms with van der Waals surface area (Å²) in [4.78, 5) is 0. The summed E-state index contributed by atoms with van der Waals surface area (Å²) in [5.74, 6) is 1.60. The van der Waals surface area contributed by atoms with Gasteiger partial charge in [-0.2, -0.15) is 0 Å². The van der Waals surface area contributed by atoms with Crippen LogP contribution in [0.1, 0.15) is 57.7 Å². The summed E-state index contributed by atoms with van der Waals surface area (Å²) in [6, 6.07) is 0.420. The van der Waals surface area contributed by atoms with Crippen molar-refractivity contribution in [2.45, 2.75) is 52.0 Å². The predicted octanol–water partition coefficient (Wildman–Crippen LogP) is 3.41. The Morgan fingerprint density at radius 1 is 1.41 bits per heavy atom. The molecule has 0 aromatic carbocycles. The smallest absolute Gasteiger partial charge is 0.0927 e. The Balaban J connectivity index is 2.13. The molecule has 3 atom stereocenters. The molecule has 0 radical (unpaired) electrons. The molecule has 0 saturated heterocycles. The van der Waals surface area contributed by atoms with Crippen LogP contribution < -0.4 is 5.32 Å². The minimum absolute atomic E-state index is 0.420. The van der Waals surface area contributed by atoms with E-state index in [2.05, 4.69) is 34.1 Å². The number of rotatable bonds is 5. The highest BCUT2D eigenvalue weighted by Crippen LogP contribution is 2.39. The van der Waals surface area contributed by atoms with Crippen molar-refractivity contribution in [3.05, 3.63) is 11.1 Å². The monoisotopic (exact) mass is 253 g/mol. The molecule has 1 N–H and O–H groups in total. The van der Waals surface area contributed by atoms with Gasteiger partial charge in [0.05, 0.1) is 11.7 Å². The second kappa shape index (κ2) is 6.45. The Morgan fingerprint density at radius 3 is 2.88 bits per heavy atom. The van der Waals surface area contributed by atoms with E-state index in [1.54, 1.807) is 0 Å². The van der Waals surface area contributed by atoms with Crippen LogP contribution in [0.25, 0.3) is 0 Å². The lowest BCUT2D eigenvalue weighted by Gasteiger charge is -2.36. The quantitative estimate of drug-likeness (QED) is 0.874. The van der Waals surface area contributed by atoms with Crippen LogP contribution >= 0.6 is 11.5 Å². The van der Waals surface area contributed by atoms with Gasteiger partial charge in [0.2, 0.25) is 0 Å². The minimum atomic E-state index is 0.420. The van der Waals surface area contributed by atoms with Crippen LogP contribution in [0.4, 0.5) is 0 Å². The average Bonchev–Trinajstić information content (AvgIpc) is 2.89. The molecule has 3 unspecified atom stereocenters. The van der Waals surface area contributed by atoms with E-state index in [1.807, 2.05) is 0 Å². The molecule has 1 fully saturated rings. The second-order valence-corrected chi connectivity index (χ2v) is 5.59. The molecule has 1 heterocycles. The molecule has 0 aliphatic heterocycles. The maximum absolute atomic E-state index is 4.29. The van der Waals surface area contributed by atoms with Gasteiger partial charge in [-0.25, -0.2) is 0 Å². The van der Waals surface area contributed by atoms with Gasteiger partial charge in [-0.1, -0.05) is 44.0 Å². The van der Waals surface area contributed by atoms with E-state index in [4.69, 9.17) is 0 Å². The van der Waals surface area contributed by atoms with Crippen LogP contribution in [-0.4, -0.2) is 16.1 Å². The molecular weight excluding hydrogens is 230 g/mol. The van der Waals surface area contributed by atoms with Crippen LogP contribution in [0.5, 0.6) is 0 Å². The summed E-state index contributed by atoms with van der Waals surface area (Å²) in [7, 11) is 0. The average molecular weight is 253 g/mol. The lowest BCUT2D eigenvalue weighted by molar-refractivity contribution is 0.174. The van der Waals surface area contributed by atoms with Crippen molar-refractivity contribution < 1.29 is 0 Å². The van der Waals surface area contributed by atoms with Gasteiger partial charge in [-0.3, -0.25) is 0 Å². The Kier molecular flexibility index (Phi) is 4.92. The maximum atomic E-state index is 4.29. The Bertz CT molecular complexity index is 312. The van der Waals surface area contributed by atoms with Crippen molar-refractivity contribution in [1.29, 1.82) is 0 Å². The molecule has 2 rings (SSSR count). The molecule has 1 aromatic rings. The van der Waals surface area contributed by atoms with Gasteiger partial charge in [0.15, 0.2) is 0 Å². The third kappa shape index (κ3) is 3.05. The van der Waals surface area contributed by atoms with Gasteiger partial charge in [0.25, 0.3) is 0 Å². The van der Waals surface area contributed by atoms with Crippen molar-refractivity contribution in [2.75, 3.05) is 6.54 Å². The van der Waals surface area contributed by atoms with Crippen LogP contribution in [0, 0.1) is 11.8 Å². The third-order valence-corrected chi connectivity index (χ3v) is 4.56. The van der Waals surface area contributed by atoms with Gasteiger partial charge in [0, 0.05) is 5.38 Å². The predicted molar refractivity (Wildman–Crippen MR) is 72.1 cm³/mol. The Morgan fingerprint density at radius 2 is 2.24 bits per heavy atom. The van der Waals surface area contributed by atoms with Crippen LogP contribution in [0.2, 0.25) is 0 Å². The van der Waals surface area contributed by atoms with E-state index >= 15 is 0 Å². The number of nitrogens with one attached hydrogen (secondary N) is 1. The molecular formula is C13H23N3S. The maximum Gasteiger partial charge on any atom is 0.0927 e. The van der Waals surface area contributed by atoms with E-state index in [1.165, 1.54) is 43.6 Å². The van der Waals surface area contributed by atoms with E-state index in [0.717, 1.165) is 24.1 Å². The molecule has 1 aromatic heterocycles. The molecule has 96 valence electrons. The zero-order chi connectivity index (χ0) is 12.1. The van der Waals surface area contributed by atoms with Crippen LogP contribution in [0.15, 0.2) is 5.38 Å². The van der Waals surface area contributed by atoms with E-state index in [0.29, 0.717) is 6.04 Å². The van der Waals surface area contributed by atoms with Crippen LogP contribution in [0.3, 0.4) is 0 Å². The van der Waals surface area contributed by atoms with Gasteiger partial charge in [-0.05, 0) is 36.3 Å². The largest absolute Gasteiger partial charge is 0.309 e. The van der Waals surface area contributed by atoms with Crippen molar-refractivity contribution >= 4 is 11.5 Å². The molecule has 17 heavy (non-hydrogen) atoms. The highest BCUT2D eigenvalue weighted by molar-refractivity contribution is 7.03. The lowest BCUT2D eigenvalue weighted by atomic mass is 9.73. The fourth-order valence-corrected chi connectivity index (χ4v) is 3.67. The summed E-state index contributed by atoms with van der Waals surface area (Å²) in [5.41, 5.74) is 1.15. The normalized spacial score (nSPS) is 26.9. The molecule has 1 aliphatic carbocycles. The summed E-state index contributed by atoms with van der Waals surface area (Å²) < 4.78 is 4.02. The zero-order valence-corrected chi connectivity index (χ0v) is 11.7. The number of hydrogen-bond donors (Lipinski definition) is 1. The van der Waals surface area contributed by atoms with Gasteiger partial charge >= 0.3 is 0 Å². The fourth-order valence-electron chi connectivity index (χ4n) is 3.18. The molecule has 4 heteroatoms. The van der Waals surface area contributed by atoms with Crippen molar-refractivity contribution in [3.63, 3.8) is 0 Å². The third-order valence-electron chi connectivity index (χ3n) is 4.04. The first-order chi connectivity index (χ1) is 8.36. The molecule has 0 spiro atoms. The van der Waals surface area contributed by atoms with Crippen LogP contribution in [-0.2, 0) is 0 Å². The SMILES string of the molecule is CCNC(c1csnn1)C1CCCCC1CC. The fraction of sp³-hybridized carbons (Fsp3) is 0.846. The zero-order valence-electron chi connectivity index (χ0n) is 10.9. The Labute approximate surface area is 108 Å². The number of aromatic nitrogens is 2. The number of nitrogens with zero attached hydrogens (tertiary/aromatic N) is 2. The molecule has 1 aliphatic rings. The summed E-state index contributed by atoms with van der Waals surface area (Å²) >= 11 is 1.47. The van der Waals surface area contributed by atoms with E-state index in [-0.39, 0.29) is 0 Å². The summed E-state index contributed by atoms with van der Waals surface area (Å²) in [5, 5.41) is 10.0. The van der Waals surface area contributed by atoms with Crippen molar-refractivity contribution in [2.24, 2.45) is 11.8 Å². The van der Waals surface area contributed by atoms with Crippen molar-refractivity contribution in [3.8, 4) is 0 Å². The molecule has 1 saturated carbocycles. The Hall–Kier alpha value is -0.480. The summed E-state index contributed by atoms with van der Waals surface area (Å²) in [6.07, 6.45) is 6.81. The second-order valence-electron chi connectivity index (χ2n) is 4.98. The van der Waals surface area contributed by atoms with E-state index < -0.39 is 0 Å². The number of hydrogen-bond acceptors (Lipinski definition) is 4. The highest BCUT2D eigenvalue weighted by atomic mass is 32.1. The highest BCUT2D eigenvalue weighted by Gasteiger charge is 2.32.